The molecule has 26 heavy (non-hydrogen) atoms. The molecular formula is C21H29N3O2. The molecule has 1 aromatic carbocycles. The molecular weight excluding hydrogens is 326 g/mol. The molecule has 2 aromatic rings. The molecule has 2 aliphatic carbocycles. The van der Waals surface area contributed by atoms with Gasteiger partial charge in [0.05, 0.1) is 17.1 Å². The first-order valence-electron chi connectivity index (χ1n) is 9.97. The SMILES string of the molecule is Cc1nc2cc(CNC(=O)COC3CCCCC3C)ccc2n1C1CC1. The standard InChI is InChI=1S/C21H29N3O2/c1-14-5-3-4-6-20(14)26-13-21(25)22-12-16-7-10-19-18(11-16)23-15(2)24(19)17-8-9-17/h7,10-11,14,17,20H,3-6,8-9,12-13H2,1-2H3,(H,22,25). The average Bonchev–Trinajstić information content (AvgIpc) is 3.41. The zero-order valence-electron chi connectivity index (χ0n) is 15.8. The van der Waals surface area contributed by atoms with Gasteiger partial charge in [0.25, 0.3) is 0 Å². The highest BCUT2D eigenvalue weighted by atomic mass is 16.5. The Labute approximate surface area is 155 Å². The monoisotopic (exact) mass is 355 g/mol. The van der Waals surface area contributed by atoms with E-state index in [1.54, 1.807) is 0 Å². The summed E-state index contributed by atoms with van der Waals surface area (Å²) in [5, 5.41) is 2.98. The van der Waals surface area contributed by atoms with Crippen molar-refractivity contribution in [3.8, 4) is 0 Å². The van der Waals surface area contributed by atoms with Gasteiger partial charge in [-0.15, -0.1) is 0 Å². The minimum atomic E-state index is -0.0393. The fourth-order valence-corrected chi connectivity index (χ4v) is 4.13. The van der Waals surface area contributed by atoms with Crippen LogP contribution in [-0.2, 0) is 16.1 Å². The number of ether oxygens (including phenoxy) is 1. The van der Waals surface area contributed by atoms with Crippen molar-refractivity contribution in [1.82, 2.24) is 14.9 Å². The number of carbonyl (C=O) groups excluding carboxylic acids is 1. The summed E-state index contributed by atoms with van der Waals surface area (Å²) in [5.74, 6) is 1.60. The van der Waals surface area contributed by atoms with Crippen LogP contribution in [0.5, 0.6) is 0 Å². The lowest BCUT2D eigenvalue weighted by Crippen LogP contribution is -2.32. The Morgan fingerprint density at radius 3 is 2.85 bits per heavy atom. The smallest absolute Gasteiger partial charge is 0.246 e. The lowest BCUT2D eigenvalue weighted by molar-refractivity contribution is -0.129. The average molecular weight is 355 g/mol. The van der Waals surface area contributed by atoms with E-state index < -0.39 is 0 Å². The van der Waals surface area contributed by atoms with E-state index in [1.165, 1.54) is 37.6 Å². The first kappa shape index (κ1) is 17.5. The van der Waals surface area contributed by atoms with E-state index in [2.05, 4.69) is 41.9 Å². The van der Waals surface area contributed by atoms with Gasteiger partial charge in [-0.3, -0.25) is 4.79 Å². The molecule has 0 spiro atoms. The molecule has 0 saturated heterocycles. The molecule has 0 aliphatic heterocycles. The van der Waals surface area contributed by atoms with Crippen molar-refractivity contribution in [2.24, 2.45) is 5.92 Å². The molecule has 5 nitrogen and oxygen atoms in total. The van der Waals surface area contributed by atoms with Gasteiger partial charge in [-0.1, -0.05) is 25.8 Å². The molecule has 2 unspecified atom stereocenters. The minimum absolute atomic E-state index is 0.0393. The van der Waals surface area contributed by atoms with E-state index in [1.807, 2.05) is 0 Å². The van der Waals surface area contributed by atoms with Gasteiger partial charge in [0, 0.05) is 12.6 Å². The summed E-state index contributed by atoms with van der Waals surface area (Å²) < 4.78 is 8.18. The molecule has 1 N–H and O–H groups in total. The van der Waals surface area contributed by atoms with Crippen molar-refractivity contribution in [3.05, 3.63) is 29.6 Å². The maximum atomic E-state index is 12.1. The Hall–Kier alpha value is -1.88. The van der Waals surface area contributed by atoms with Crippen molar-refractivity contribution < 1.29 is 9.53 Å². The topological polar surface area (TPSA) is 56.1 Å². The third kappa shape index (κ3) is 3.78. The highest BCUT2D eigenvalue weighted by molar-refractivity contribution is 5.79. The Morgan fingerprint density at radius 1 is 1.27 bits per heavy atom. The van der Waals surface area contributed by atoms with Gasteiger partial charge in [-0.25, -0.2) is 4.98 Å². The van der Waals surface area contributed by atoms with Crippen LogP contribution in [0.1, 0.15) is 62.9 Å². The minimum Gasteiger partial charge on any atom is -0.368 e. The number of nitrogens with zero attached hydrogens (tertiary/aromatic N) is 2. The van der Waals surface area contributed by atoms with E-state index in [4.69, 9.17) is 9.72 Å². The molecule has 1 heterocycles. The van der Waals surface area contributed by atoms with E-state index >= 15 is 0 Å². The summed E-state index contributed by atoms with van der Waals surface area (Å²) >= 11 is 0. The third-order valence-electron chi connectivity index (χ3n) is 5.79. The zero-order chi connectivity index (χ0) is 18.1. The molecule has 5 heteroatoms. The lowest BCUT2D eigenvalue weighted by Gasteiger charge is -2.28. The van der Waals surface area contributed by atoms with Gasteiger partial charge < -0.3 is 14.6 Å². The van der Waals surface area contributed by atoms with E-state index in [-0.39, 0.29) is 18.6 Å². The van der Waals surface area contributed by atoms with Crippen molar-refractivity contribution in [3.63, 3.8) is 0 Å². The van der Waals surface area contributed by atoms with E-state index in [9.17, 15) is 4.79 Å². The lowest BCUT2D eigenvalue weighted by atomic mass is 9.88. The first-order chi connectivity index (χ1) is 12.6. The van der Waals surface area contributed by atoms with Crippen molar-refractivity contribution >= 4 is 16.9 Å². The second-order valence-electron chi connectivity index (χ2n) is 7.97. The zero-order valence-corrected chi connectivity index (χ0v) is 15.8. The number of aromatic nitrogens is 2. The predicted octanol–water partition coefficient (Wildman–Crippen LogP) is 3.89. The molecule has 4 rings (SSSR count). The van der Waals surface area contributed by atoms with Crippen molar-refractivity contribution in [2.45, 2.75) is 71.1 Å². The largest absolute Gasteiger partial charge is 0.368 e. The van der Waals surface area contributed by atoms with E-state index in [0.717, 1.165) is 23.3 Å². The number of nitrogens with one attached hydrogen (secondary N) is 1. The second kappa shape index (κ2) is 7.39. The summed E-state index contributed by atoms with van der Waals surface area (Å²) in [4.78, 5) is 16.8. The number of imidazole rings is 1. The Kier molecular flexibility index (Phi) is 4.98. The quantitative estimate of drug-likeness (QED) is 0.855. The van der Waals surface area contributed by atoms with Crippen LogP contribution in [-0.4, -0.2) is 28.2 Å². The highest BCUT2D eigenvalue weighted by Gasteiger charge is 2.27. The summed E-state index contributed by atoms with van der Waals surface area (Å²) in [6.45, 7) is 4.98. The third-order valence-corrected chi connectivity index (χ3v) is 5.79. The molecule has 140 valence electrons. The molecule has 0 bridgehead atoms. The first-order valence-corrected chi connectivity index (χ1v) is 9.97. The van der Waals surface area contributed by atoms with Crippen LogP contribution in [0.25, 0.3) is 11.0 Å². The van der Waals surface area contributed by atoms with Gasteiger partial charge in [-0.2, -0.15) is 0 Å². The normalized spacial score (nSPS) is 23.3. The summed E-state index contributed by atoms with van der Waals surface area (Å²) in [5.41, 5.74) is 3.31. The number of amides is 1. The van der Waals surface area contributed by atoms with Crippen molar-refractivity contribution in [2.75, 3.05) is 6.61 Å². The van der Waals surface area contributed by atoms with Gasteiger partial charge in [-0.05, 0) is 56.2 Å². The Balaban J connectivity index is 1.32. The number of fused-ring (bicyclic) bond motifs is 1. The molecule has 2 saturated carbocycles. The fourth-order valence-electron chi connectivity index (χ4n) is 4.13. The summed E-state index contributed by atoms with van der Waals surface area (Å²) in [7, 11) is 0. The second-order valence-corrected chi connectivity index (χ2v) is 7.97. The predicted molar refractivity (Wildman–Crippen MR) is 102 cm³/mol. The van der Waals surface area contributed by atoms with Gasteiger partial charge in [0.15, 0.2) is 0 Å². The molecule has 0 radical (unpaired) electrons. The fraction of sp³-hybridized carbons (Fsp3) is 0.619. The summed E-state index contributed by atoms with van der Waals surface area (Å²) in [6, 6.07) is 6.94. The van der Waals surface area contributed by atoms with Crippen LogP contribution in [0.3, 0.4) is 0 Å². The summed E-state index contributed by atoms with van der Waals surface area (Å²) in [6.07, 6.45) is 7.52. The van der Waals surface area contributed by atoms with Crippen LogP contribution >= 0.6 is 0 Å². The van der Waals surface area contributed by atoms with Crippen LogP contribution in [0.2, 0.25) is 0 Å². The Morgan fingerprint density at radius 2 is 2.08 bits per heavy atom. The molecule has 1 aromatic heterocycles. The molecule has 2 fully saturated rings. The van der Waals surface area contributed by atoms with Crippen LogP contribution in [0.4, 0.5) is 0 Å². The number of rotatable bonds is 6. The molecule has 1 amide bonds. The number of benzene rings is 1. The highest BCUT2D eigenvalue weighted by Crippen LogP contribution is 2.38. The van der Waals surface area contributed by atoms with Crippen molar-refractivity contribution in [1.29, 1.82) is 0 Å². The van der Waals surface area contributed by atoms with Crippen LogP contribution in [0, 0.1) is 12.8 Å². The number of hydrogen-bond acceptors (Lipinski definition) is 3. The van der Waals surface area contributed by atoms with Crippen LogP contribution in [0.15, 0.2) is 18.2 Å². The number of aryl methyl sites for hydroxylation is 1. The molecule has 2 atom stereocenters. The maximum absolute atomic E-state index is 12.1. The van der Waals surface area contributed by atoms with Gasteiger partial charge in [0.2, 0.25) is 5.91 Å². The number of hydrogen-bond donors (Lipinski definition) is 1. The van der Waals surface area contributed by atoms with Gasteiger partial charge in [0.1, 0.15) is 12.4 Å². The number of carbonyl (C=O) groups is 1. The Bertz CT molecular complexity index is 794. The van der Waals surface area contributed by atoms with Gasteiger partial charge >= 0.3 is 0 Å². The maximum Gasteiger partial charge on any atom is 0.246 e. The van der Waals surface area contributed by atoms with E-state index in [0.29, 0.717) is 18.5 Å². The molecule has 2 aliphatic rings. The van der Waals surface area contributed by atoms with Crippen LogP contribution < -0.4 is 5.32 Å².